The van der Waals surface area contributed by atoms with E-state index >= 15 is 0 Å². The molecule has 0 aliphatic heterocycles. The van der Waals surface area contributed by atoms with Crippen LogP contribution in [-0.4, -0.2) is 0 Å². The van der Waals surface area contributed by atoms with Gasteiger partial charge in [-0.3, -0.25) is 0 Å². The second-order valence-electron chi connectivity index (χ2n) is 12.7. The van der Waals surface area contributed by atoms with E-state index in [9.17, 15) is 29.4 Å². The van der Waals surface area contributed by atoms with E-state index in [1.165, 1.54) is 12.1 Å². The third kappa shape index (κ3) is 10.6. The molecule has 8 aromatic carbocycles. The molecule has 0 amide bonds. The van der Waals surface area contributed by atoms with E-state index in [-0.39, 0.29) is 140 Å². The maximum Gasteiger partial charge on any atom is 1.00 e. The predicted molar refractivity (Wildman–Crippen MR) is 217 cm³/mol. The van der Waals surface area contributed by atoms with Crippen molar-refractivity contribution in [3.8, 4) is 11.1 Å². The molecule has 0 saturated carbocycles. The fourth-order valence-electron chi connectivity index (χ4n) is 7.18. The quantitative estimate of drug-likeness (QED) is 0.105. The van der Waals surface area contributed by atoms with Crippen LogP contribution in [0.2, 0.25) is 0 Å². The largest absolute Gasteiger partial charge is 1.00 e. The Kier molecular flexibility index (Phi) is 19.0. The molecule has 58 heavy (non-hydrogen) atoms. The first-order valence-corrected chi connectivity index (χ1v) is 22.9. The van der Waals surface area contributed by atoms with Crippen molar-refractivity contribution in [1.29, 1.82) is 0 Å². The van der Waals surface area contributed by atoms with Gasteiger partial charge in [0.15, 0.2) is 0 Å². The van der Waals surface area contributed by atoms with Gasteiger partial charge < -0.3 is 29.4 Å². The summed E-state index contributed by atoms with van der Waals surface area (Å²) in [6, 6.07) is 56.1. The van der Waals surface area contributed by atoms with Crippen LogP contribution in [0.15, 0.2) is 182 Å². The van der Waals surface area contributed by atoms with Gasteiger partial charge in [0.05, 0.1) is 10.6 Å². The molecule has 0 unspecified atom stereocenters. The second-order valence-corrected chi connectivity index (χ2v) is 20.0. The molecule has 14 heteroatoms. The Morgan fingerprint density at radius 3 is 0.759 bits per heavy atom. The Bertz CT molecular complexity index is 2340. The molecule has 0 saturated heterocycles. The maximum atomic E-state index is 13.2. The van der Waals surface area contributed by atoms with E-state index in [1.54, 1.807) is 24.3 Å². The summed E-state index contributed by atoms with van der Waals surface area (Å²) < 4.78 is 0. The van der Waals surface area contributed by atoms with E-state index in [2.05, 4.69) is 0 Å². The molecular weight excluding hydrogens is 840 g/mol. The van der Waals surface area contributed by atoms with Gasteiger partial charge in [-0.05, 0) is 81.7 Å². The average Bonchev–Trinajstić information content (AvgIpc) is 3.18. The summed E-state index contributed by atoms with van der Waals surface area (Å²) in [5.41, 5.74) is 1.34. The Hall–Kier alpha value is -0.240. The number of hydrogen-bond acceptors (Lipinski definition) is 6. The Morgan fingerprint density at radius 1 is 0.293 bits per heavy atom. The molecule has 266 valence electrons. The van der Waals surface area contributed by atoms with Crippen LogP contribution in [0.3, 0.4) is 0 Å². The molecule has 0 aliphatic carbocycles. The van der Waals surface area contributed by atoms with Crippen LogP contribution in [0.5, 0.6) is 0 Å². The van der Waals surface area contributed by atoms with Gasteiger partial charge in [0.2, 0.25) is 0 Å². The summed E-state index contributed by atoms with van der Waals surface area (Å²) in [5, 5.41) is 5.89. The van der Waals surface area contributed by atoms with E-state index in [4.69, 9.17) is 0 Å². The molecule has 6 nitrogen and oxygen atoms in total. The predicted octanol–water partition coefficient (Wildman–Crippen LogP) is -9.87. The zero-order chi connectivity index (χ0) is 37.5. The Morgan fingerprint density at radius 2 is 0.517 bits per heavy atom. The van der Waals surface area contributed by atoms with Crippen LogP contribution in [0, 0.1) is 0 Å². The number of benzene rings is 8. The molecule has 0 heterocycles. The van der Waals surface area contributed by atoms with Crippen molar-refractivity contribution in [3.05, 3.63) is 182 Å². The van der Waals surface area contributed by atoms with Crippen LogP contribution < -0.4 is 190 Å². The van der Waals surface area contributed by atoms with Crippen molar-refractivity contribution in [3.63, 3.8) is 0 Å². The summed E-state index contributed by atoms with van der Waals surface area (Å²) in [4.78, 5) is 79.4. The van der Waals surface area contributed by atoms with Crippen LogP contribution >= 0.6 is 31.7 Å². The van der Waals surface area contributed by atoms with Gasteiger partial charge in [0.1, 0.15) is 0 Å². The van der Waals surface area contributed by atoms with Crippen molar-refractivity contribution in [2.45, 2.75) is 0 Å². The first-order chi connectivity index (χ1) is 26.1. The fourth-order valence-corrected chi connectivity index (χ4v) is 14.0. The van der Waals surface area contributed by atoms with Crippen molar-refractivity contribution in [1.82, 2.24) is 0 Å². The van der Waals surface area contributed by atoms with Gasteiger partial charge in [-0.15, -0.1) is 15.9 Å². The summed E-state index contributed by atoms with van der Waals surface area (Å²) in [6.45, 7) is 0. The molecule has 0 radical (unpaired) electrons. The maximum absolute atomic E-state index is 13.2. The molecule has 0 atom stereocenters. The van der Waals surface area contributed by atoms with E-state index in [0.717, 1.165) is 21.2 Å². The van der Waals surface area contributed by atoms with Crippen molar-refractivity contribution >= 4 is 95.7 Å². The third-order valence-corrected chi connectivity index (χ3v) is 16.2. The average molecular weight is 871 g/mol. The van der Waals surface area contributed by atoms with Gasteiger partial charge in [-0.25, -0.2) is 0 Å². The Labute approximate surface area is 430 Å². The molecule has 8 aromatic rings. The molecule has 8 rings (SSSR count). The molecular formula is C44H30Na4O6P4. The van der Waals surface area contributed by atoms with Crippen molar-refractivity contribution in [2.75, 3.05) is 0 Å². The van der Waals surface area contributed by atoms with Crippen molar-refractivity contribution in [2.24, 2.45) is 0 Å². The standard InChI is InChI=1S/C44H34O6P4.4Na/c45-53(46,47)41-29-39(51(31-17-5-1-6-18-31)32-19-7-2-8-20-32)43(37-27-15-13-25-35(37)41)44-38-28-16-14-26-36(38)42(54(48,49)50)30-40(44)52(33-21-9-3-10-22-33)34-23-11-4-12-24-34;;;;/h1-30H,(H2,45,46,47)(H2,48,49,50);;;;/q;4*+1/p-4. The Balaban J connectivity index is 0.00000186. The van der Waals surface area contributed by atoms with Gasteiger partial charge in [0, 0.05) is 10.8 Å². The van der Waals surface area contributed by atoms with Gasteiger partial charge >= 0.3 is 118 Å². The van der Waals surface area contributed by atoms with E-state index in [0.29, 0.717) is 32.5 Å². The van der Waals surface area contributed by atoms with Crippen LogP contribution in [0.1, 0.15) is 0 Å². The van der Waals surface area contributed by atoms with Gasteiger partial charge in [-0.1, -0.05) is 170 Å². The first-order valence-electron chi connectivity index (χ1n) is 17.1. The SMILES string of the molecule is [Na+].[Na+].[Na+].[Na+].[O-][P+]([O-])([O-])c1cc(P(c2ccccc2)c2ccccc2)c(-c2c(P(c3ccccc3)c3ccccc3)cc([P+]([O-])([O-])[O-])c3ccccc23)c2ccccc12. The normalized spacial score (nSPS) is 11.4. The molecule has 0 fully saturated rings. The molecule has 0 aliphatic rings. The second kappa shape index (κ2) is 21.9. The van der Waals surface area contributed by atoms with Crippen LogP contribution in [-0.2, 0) is 0 Å². The summed E-state index contributed by atoms with van der Waals surface area (Å²) in [6.07, 6.45) is 0. The van der Waals surface area contributed by atoms with E-state index in [1.807, 2.05) is 146 Å². The molecule has 0 spiro atoms. The van der Waals surface area contributed by atoms with E-state index < -0.39 is 31.7 Å². The monoisotopic (exact) mass is 870 g/mol. The number of fused-ring (bicyclic) bond motifs is 2. The zero-order valence-corrected chi connectivity index (χ0v) is 44.1. The summed E-state index contributed by atoms with van der Waals surface area (Å²) in [5.74, 6) is 0. The van der Waals surface area contributed by atoms with Gasteiger partial charge in [0.25, 0.3) is 0 Å². The molecule has 0 bridgehead atoms. The minimum atomic E-state index is -5.33. The first kappa shape index (κ1) is 50.4. The third-order valence-electron chi connectivity index (χ3n) is 9.38. The van der Waals surface area contributed by atoms with Crippen LogP contribution in [0.4, 0.5) is 0 Å². The smallest absolute Gasteiger partial charge is 0.683 e. The number of rotatable bonds is 9. The van der Waals surface area contributed by atoms with Crippen LogP contribution in [0.25, 0.3) is 32.7 Å². The topological polar surface area (TPSA) is 138 Å². The summed E-state index contributed by atoms with van der Waals surface area (Å²) in [7, 11) is -13.7. The molecule has 0 N–H and O–H groups in total. The van der Waals surface area contributed by atoms with Crippen molar-refractivity contribution < 1.29 is 148 Å². The molecule has 0 aromatic heterocycles. The van der Waals surface area contributed by atoms with Gasteiger partial charge in [-0.2, -0.15) is 0 Å². The fraction of sp³-hybridized carbons (Fsp3) is 0. The number of hydrogen-bond donors (Lipinski definition) is 0. The summed E-state index contributed by atoms with van der Waals surface area (Å²) >= 11 is 0. The minimum Gasteiger partial charge on any atom is -0.683 e. The minimum absolute atomic E-state index is 0. The zero-order valence-electron chi connectivity index (χ0n) is 32.6.